The van der Waals surface area contributed by atoms with Gasteiger partial charge in [-0.05, 0) is 57.0 Å². The normalized spacial score (nSPS) is 21.3. The van der Waals surface area contributed by atoms with E-state index in [2.05, 4.69) is 10.2 Å². The number of sulfonamides is 1. The number of carbonyl (C=O) groups is 1. The Bertz CT molecular complexity index is 778. The maximum atomic E-state index is 13.0. The second kappa shape index (κ2) is 11.1. The number of morpholine rings is 1. The Kier molecular flexibility index (Phi) is 8.50. The molecule has 8 nitrogen and oxygen atoms in total. The van der Waals surface area contributed by atoms with E-state index in [0.29, 0.717) is 38.3 Å². The summed E-state index contributed by atoms with van der Waals surface area (Å²) in [6.07, 6.45) is 2.28. The lowest BCUT2D eigenvalue weighted by Crippen LogP contribution is -2.45. The minimum Gasteiger partial charge on any atom is -0.494 e. The van der Waals surface area contributed by atoms with E-state index in [0.717, 1.165) is 39.3 Å². The molecule has 0 aliphatic carbocycles. The number of benzene rings is 1. The lowest BCUT2D eigenvalue weighted by atomic mass is 9.99. The van der Waals surface area contributed by atoms with Crippen molar-refractivity contribution >= 4 is 15.9 Å². The summed E-state index contributed by atoms with van der Waals surface area (Å²) in [7, 11) is -3.62. The first-order chi connectivity index (χ1) is 14.5. The van der Waals surface area contributed by atoms with Crippen LogP contribution >= 0.6 is 0 Å². The molecule has 9 heteroatoms. The molecule has 0 bridgehead atoms. The van der Waals surface area contributed by atoms with E-state index in [1.165, 1.54) is 4.31 Å². The van der Waals surface area contributed by atoms with Gasteiger partial charge >= 0.3 is 0 Å². The summed E-state index contributed by atoms with van der Waals surface area (Å²) < 4.78 is 38.2. The second-order valence-corrected chi connectivity index (χ2v) is 9.64. The average molecular weight is 440 g/mol. The molecule has 0 spiro atoms. The summed E-state index contributed by atoms with van der Waals surface area (Å²) in [5.41, 5.74) is 0. The fourth-order valence-electron chi connectivity index (χ4n) is 3.88. The van der Waals surface area contributed by atoms with E-state index in [1.54, 1.807) is 24.3 Å². The van der Waals surface area contributed by atoms with Gasteiger partial charge in [0.15, 0.2) is 0 Å². The third-order valence-electron chi connectivity index (χ3n) is 5.58. The molecule has 2 heterocycles. The monoisotopic (exact) mass is 439 g/mol. The highest BCUT2D eigenvalue weighted by molar-refractivity contribution is 7.89. The minimum absolute atomic E-state index is 0.0522. The molecule has 1 amide bonds. The molecule has 1 N–H and O–H groups in total. The van der Waals surface area contributed by atoms with E-state index < -0.39 is 10.0 Å². The number of hydrogen-bond donors (Lipinski definition) is 1. The largest absolute Gasteiger partial charge is 0.494 e. The maximum Gasteiger partial charge on any atom is 0.243 e. The van der Waals surface area contributed by atoms with Gasteiger partial charge in [0.1, 0.15) is 5.75 Å². The van der Waals surface area contributed by atoms with Crippen LogP contribution in [0.25, 0.3) is 0 Å². The van der Waals surface area contributed by atoms with Crippen LogP contribution in [0, 0.1) is 5.92 Å². The van der Waals surface area contributed by atoms with Crippen LogP contribution in [0.2, 0.25) is 0 Å². The van der Waals surface area contributed by atoms with Gasteiger partial charge in [-0.1, -0.05) is 0 Å². The molecule has 0 saturated carbocycles. The van der Waals surface area contributed by atoms with Crippen LogP contribution < -0.4 is 10.1 Å². The number of nitrogens with one attached hydrogen (secondary N) is 1. The lowest BCUT2D eigenvalue weighted by molar-refractivity contribution is -0.126. The highest BCUT2D eigenvalue weighted by Gasteiger charge is 2.33. The van der Waals surface area contributed by atoms with E-state index in [1.807, 2.05) is 6.92 Å². The lowest BCUT2D eigenvalue weighted by Gasteiger charge is -2.31. The molecule has 3 rings (SSSR count). The van der Waals surface area contributed by atoms with Crippen LogP contribution in [0.1, 0.15) is 26.2 Å². The predicted octanol–water partition coefficient (Wildman–Crippen LogP) is 1.32. The molecule has 2 fully saturated rings. The summed E-state index contributed by atoms with van der Waals surface area (Å²) >= 11 is 0. The number of carbonyl (C=O) groups excluding carboxylic acids is 1. The molecule has 1 aromatic carbocycles. The Balaban J connectivity index is 1.49. The molecule has 2 aliphatic heterocycles. The molecule has 2 saturated heterocycles. The minimum atomic E-state index is -3.62. The van der Waals surface area contributed by atoms with Gasteiger partial charge in [0.25, 0.3) is 0 Å². The van der Waals surface area contributed by atoms with Gasteiger partial charge in [-0.3, -0.25) is 9.69 Å². The zero-order chi connectivity index (χ0) is 21.4. The van der Waals surface area contributed by atoms with Gasteiger partial charge in [0.2, 0.25) is 15.9 Å². The number of rotatable bonds is 9. The van der Waals surface area contributed by atoms with Crippen molar-refractivity contribution in [3.63, 3.8) is 0 Å². The Hall–Kier alpha value is -1.68. The number of piperidine rings is 1. The standard InChI is InChI=1S/C21H33N3O5S/c1-2-29-19-6-8-20(9-7-19)30(26,27)24-12-3-5-18(17-24)21(25)22-10-4-11-23-13-15-28-16-14-23/h6-9,18H,2-5,10-17H2,1H3,(H,22,25)/t18-/m1/s1. The molecule has 1 atom stereocenters. The van der Waals surface area contributed by atoms with Crippen molar-refractivity contribution in [1.82, 2.24) is 14.5 Å². The molecule has 0 aromatic heterocycles. The summed E-state index contributed by atoms with van der Waals surface area (Å²) in [5, 5.41) is 2.99. The zero-order valence-corrected chi connectivity index (χ0v) is 18.5. The highest BCUT2D eigenvalue weighted by atomic mass is 32.2. The third-order valence-corrected chi connectivity index (χ3v) is 7.46. The van der Waals surface area contributed by atoms with Gasteiger partial charge < -0.3 is 14.8 Å². The first-order valence-corrected chi connectivity index (χ1v) is 12.3. The summed E-state index contributed by atoms with van der Waals surface area (Å²) in [4.78, 5) is 15.2. The quantitative estimate of drug-likeness (QED) is 0.584. The second-order valence-electron chi connectivity index (χ2n) is 7.71. The van der Waals surface area contributed by atoms with E-state index in [4.69, 9.17) is 9.47 Å². The van der Waals surface area contributed by atoms with Crippen LogP contribution in [0.4, 0.5) is 0 Å². The van der Waals surface area contributed by atoms with Crippen LogP contribution in [0.5, 0.6) is 5.75 Å². The Labute approximate surface area is 179 Å². The first-order valence-electron chi connectivity index (χ1n) is 10.8. The van der Waals surface area contributed by atoms with Crippen LogP contribution in [-0.4, -0.2) is 82.6 Å². The van der Waals surface area contributed by atoms with Gasteiger partial charge in [0.05, 0.1) is 30.6 Å². The van der Waals surface area contributed by atoms with Crippen LogP contribution in [0.3, 0.4) is 0 Å². The smallest absolute Gasteiger partial charge is 0.243 e. The number of hydrogen-bond acceptors (Lipinski definition) is 6. The summed E-state index contributed by atoms with van der Waals surface area (Å²) in [5.74, 6) is 0.285. The number of amides is 1. The van der Waals surface area contributed by atoms with Crippen molar-refractivity contribution in [3.05, 3.63) is 24.3 Å². The maximum absolute atomic E-state index is 13.0. The number of nitrogens with zero attached hydrogens (tertiary/aromatic N) is 2. The molecule has 0 radical (unpaired) electrons. The molecule has 2 aliphatic rings. The average Bonchev–Trinajstić information content (AvgIpc) is 2.78. The molecule has 30 heavy (non-hydrogen) atoms. The molecular weight excluding hydrogens is 406 g/mol. The van der Waals surface area contributed by atoms with Crippen molar-refractivity contribution in [2.45, 2.75) is 31.1 Å². The van der Waals surface area contributed by atoms with Crippen molar-refractivity contribution < 1.29 is 22.7 Å². The first kappa shape index (κ1) is 23.0. The van der Waals surface area contributed by atoms with Crippen molar-refractivity contribution in [2.75, 3.05) is 59.1 Å². The van der Waals surface area contributed by atoms with Crippen molar-refractivity contribution in [2.24, 2.45) is 5.92 Å². The number of ether oxygens (including phenoxy) is 2. The van der Waals surface area contributed by atoms with Crippen LogP contribution in [0.15, 0.2) is 29.2 Å². The topological polar surface area (TPSA) is 88.2 Å². The third kappa shape index (κ3) is 6.16. The van der Waals surface area contributed by atoms with Gasteiger partial charge in [-0.2, -0.15) is 4.31 Å². The fourth-order valence-corrected chi connectivity index (χ4v) is 5.41. The fraction of sp³-hybridized carbons (Fsp3) is 0.667. The van der Waals surface area contributed by atoms with Crippen LogP contribution in [-0.2, 0) is 19.6 Å². The van der Waals surface area contributed by atoms with Gasteiger partial charge in [-0.15, -0.1) is 0 Å². The Morgan fingerprint density at radius 2 is 1.93 bits per heavy atom. The SMILES string of the molecule is CCOc1ccc(S(=O)(=O)N2CCC[C@@H](C(=O)NCCCN3CCOCC3)C2)cc1. The molecular formula is C21H33N3O5S. The van der Waals surface area contributed by atoms with Gasteiger partial charge in [0, 0.05) is 32.7 Å². The Morgan fingerprint density at radius 3 is 2.63 bits per heavy atom. The Morgan fingerprint density at radius 1 is 1.20 bits per heavy atom. The highest BCUT2D eigenvalue weighted by Crippen LogP contribution is 2.25. The molecule has 0 unspecified atom stereocenters. The van der Waals surface area contributed by atoms with Gasteiger partial charge in [-0.25, -0.2) is 8.42 Å². The zero-order valence-electron chi connectivity index (χ0n) is 17.7. The van der Waals surface area contributed by atoms with E-state index in [9.17, 15) is 13.2 Å². The predicted molar refractivity (Wildman–Crippen MR) is 114 cm³/mol. The van der Waals surface area contributed by atoms with Crippen molar-refractivity contribution in [3.8, 4) is 5.75 Å². The summed E-state index contributed by atoms with van der Waals surface area (Å²) in [6.45, 7) is 8.05. The molecule has 1 aromatic rings. The molecule has 168 valence electrons. The summed E-state index contributed by atoms with van der Waals surface area (Å²) in [6, 6.07) is 6.46. The van der Waals surface area contributed by atoms with E-state index in [-0.39, 0.29) is 23.3 Å². The van der Waals surface area contributed by atoms with Crippen molar-refractivity contribution in [1.29, 1.82) is 0 Å². The van der Waals surface area contributed by atoms with E-state index >= 15 is 0 Å².